The second-order valence-corrected chi connectivity index (χ2v) is 8.45. The molecule has 0 bridgehead atoms. The third kappa shape index (κ3) is 3.19. The Hall–Kier alpha value is -2.92. The van der Waals surface area contributed by atoms with E-state index in [4.69, 9.17) is 16.3 Å². The van der Waals surface area contributed by atoms with Crippen LogP contribution in [0.2, 0.25) is 5.02 Å². The van der Waals surface area contributed by atoms with Gasteiger partial charge in [0.2, 0.25) is 0 Å². The average Bonchev–Trinajstić information content (AvgIpc) is 3.01. The van der Waals surface area contributed by atoms with E-state index in [2.05, 4.69) is 0 Å². The molecule has 1 amide bonds. The summed E-state index contributed by atoms with van der Waals surface area (Å²) in [6, 6.07) is 24.8. The van der Waals surface area contributed by atoms with E-state index in [-0.39, 0.29) is 11.8 Å². The third-order valence-corrected chi connectivity index (χ3v) is 6.41. The van der Waals surface area contributed by atoms with E-state index >= 15 is 0 Å². The number of ether oxygens (including phenoxy) is 1. The minimum absolute atomic E-state index is 0.157. The van der Waals surface area contributed by atoms with Crippen molar-refractivity contribution in [3.63, 3.8) is 0 Å². The standard InChI is InChI=1S/C26H22ClNO3/c1-17-15-21(19-11-13-20(27)14-12-19)24(29)31-26(17)22-9-5-6-10-23(22)28(25(26)30)16-18-7-3-2-4-8-18/h2-15,17,24,29H,16H2,1H3/t17-,24-,26-/m1/s1. The number of carbonyl (C=O) groups is 1. The van der Waals surface area contributed by atoms with Gasteiger partial charge in [0, 0.05) is 22.1 Å². The molecule has 31 heavy (non-hydrogen) atoms. The van der Waals surface area contributed by atoms with E-state index in [0.29, 0.717) is 17.1 Å². The predicted molar refractivity (Wildman–Crippen MR) is 121 cm³/mol. The summed E-state index contributed by atoms with van der Waals surface area (Å²) in [5.74, 6) is -0.438. The Morgan fingerprint density at radius 2 is 1.68 bits per heavy atom. The van der Waals surface area contributed by atoms with Crippen molar-refractivity contribution in [1.29, 1.82) is 0 Å². The summed E-state index contributed by atoms with van der Waals surface area (Å²) in [4.78, 5) is 15.6. The quantitative estimate of drug-likeness (QED) is 0.623. The number of fused-ring (bicyclic) bond motifs is 2. The normalized spacial score (nSPS) is 24.9. The van der Waals surface area contributed by atoms with E-state index in [0.717, 1.165) is 22.4 Å². The molecule has 2 heterocycles. The number of amides is 1. The molecule has 3 atom stereocenters. The van der Waals surface area contributed by atoms with Crippen LogP contribution >= 0.6 is 11.6 Å². The molecule has 1 N–H and O–H groups in total. The highest BCUT2D eigenvalue weighted by Gasteiger charge is 2.57. The van der Waals surface area contributed by atoms with Crippen LogP contribution in [-0.4, -0.2) is 17.3 Å². The molecule has 1 spiro atoms. The van der Waals surface area contributed by atoms with E-state index in [1.807, 2.05) is 79.7 Å². The third-order valence-electron chi connectivity index (χ3n) is 6.15. The van der Waals surface area contributed by atoms with Crippen LogP contribution in [-0.2, 0) is 21.7 Å². The van der Waals surface area contributed by atoms with Gasteiger partial charge in [0.25, 0.3) is 5.91 Å². The van der Waals surface area contributed by atoms with Gasteiger partial charge >= 0.3 is 0 Å². The summed E-state index contributed by atoms with van der Waals surface area (Å²) in [5.41, 5.74) is 2.83. The van der Waals surface area contributed by atoms with Crippen LogP contribution in [0.25, 0.3) is 5.57 Å². The molecule has 3 aromatic rings. The van der Waals surface area contributed by atoms with Crippen molar-refractivity contribution >= 4 is 28.8 Å². The summed E-state index contributed by atoms with van der Waals surface area (Å²) in [6.07, 6.45) is 0.712. The zero-order chi connectivity index (χ0) is 21.6. The zero-order valence-electron chi connectivity index (χ0n) is 17.0. The maximum absolute atomic E-state index is 13.8. The minimum atomic E-state index is -1.26. The number of rotatable bonds is 3. The fourth-order valence-corrected chi connectivity index (χ4v) is 4.75. The van der Waals surface area contributed by atoms with E-state index in [1.54, 1.807) is 17.0 Å². The molecular formula is C26H22ClNO3. The van der Waals surface area contributed by atoms with Crippen LogP contribution in [0.4, 0.5) is 5.69 Å². The molecule has 0 aliphatic carbocycles. The number of aliphatic hydroxyl groups is 1. The molecule has 0 aromatic heterocycles. The summed E-state index contributed by atoms with van der Waals surface area (Å²) in [7, 11) is 0. The van der Waals surface area contributed by atoms with E-state index < -0.39 is 11.9 Å². The van der Waals surface area contributed by atoms with Crippen LogP contribution in [0.1, 0.15) is 23.6 Å². The van der Waals surface area contributed by atoms with E-state index in [9.17, 15) is 9.90 Å². The lowest BCUT2D eigenvalue weighted by Crippen LogP contribution is -2.50. The van der Waals surface area contributed by atoms with Crippen LogP contribution < -0.4 is 4.90 Å². The molecule has 0 radical (unpaired) electrons. The first-order chi connectivity index (χ1) is 15.0. The Bertz CT molecular complexity index is 1160. The molecule has 0 unspecified atom stereocenters. The first kappa shape index (κ1) is 20.0. The van der Waals surface area contributed by atoms with Crippen molar-refractivity contribution in [1.82, 2.24) is 0 Å². The van der Waals surface area contributed by atoms with Gasteiger partial charge in [-0.25, -0.2) is 0 Å². The summed E-state index contributed by atoms with van der Waals surface area (Å²) in [6.45, 7) is 2.40. The number of hydrogen-bond acceptors (Lipinski definition) is 3. The van der Waals surface area contributed by atoms with Crippen LogP contribution in [0.3, 0.4) is 0 Å². The minimum Gasteiger partial charge on any atom is -0.364 e. The molecule has 5 heteroatoms. The lowest BCUT2D eigenvalue weighted by molar-refractivity contribution is -0.189. The maximum Gasteiger partial charge on any atom is 0.265 e. The monoisotopic (exact) mass is 431 g/mol. The number of halogens is 1. The van der Waals surface area contributed by atoms with Crippen LogP contribution in [0.15, 0.2) is 84.9 Å². The van der Waals surface area contributed by atoms with Gasteiger partial charge in [-0.15, -0.1) is 0 Å². The highest BCUT2D eigenvalue weighted by Crippen LogP contribution is 2.52. The predicted octanol–water partition coefficient (Wildman–Crippen LogP) is 5.15. The van der Waals surface area contributed by atoms with Gasteiger partial charge < -0.3 is 14.7 Å². The second-order valence-electron chi connectivity index (χ2n) is 8.02. The van der Waals surface area contributed by atoms with Crippen molar-refractivity contribution in [2.24, 2.45) is 5.92 Å². The first-order valence-corrected chi connectivity index (χ1v) is 10.7. The van der Waals surface area contributed by atoms with Gasteiger partial charge in [-0.2, -0.15) is 0 Å². The van der Waals surface area contributed by atoms with Gasteiger partial charge in [-0.1, -0.05) is 85.3 Å². The SMILES string of the molecule is C[C@@H]1C=C(c2ccc(Cl)cc2)[C@H](O)O[C@]12C(=O)N(Cc1ccccc1)c1ccccc12. The molecule has 2 aliphatic heterocycles. The number of para-hydroxylation sites is 1. The lowest BCUT2D eigenvalue weighted by atomic mass is 9.79. The molecule has 0 saturated carbocycles. The van der Waals surface area contributed by atoms with Gasteiger partial charge in [0.05, 0.1) is 12.2 Å². The summed E-state index contributed by atoms with van der Waals surface area (Å²) < 4.78 is 6.21. The molecule has 0 saturated heterocycles. The Labute approximate surface area is 186 Å². The van der Waals surface area contributed by atoms with E-state index in [1.165, 1.54) is 0 Å². The lowest BCUT2D eigenvalue weighted by Gasteiger charge is -2.40. The first-order valence-electron chi connectivity index (χ1n) is 10.3. The molecule has 5 rings (SSSR count). The summed E-state index contributed by atoms with van der Waals surface area (Å²) >= 11 is 6.01. The van der Waals surface area contributed by atoms with Gasteiger partial charge in [0.15, 0.2) is 11.9 Å². The van der Waals surface area contributed by atoms with Crippen molar-refractivity contribution < 1.29 is 14.6 Å². The molecule has 2 aliphatic rings. The topological polar surface area (TPSA) is 49.8 Å². The van der Waals surface area contributed by atoms with Crippen molar-refractivity contribution in [3.8, 4) is 0 Å². The molecule has 4 nitrogen and oxygen atoms in total. The fraction of sp³-hybridized carbons (Fsp3) is 0.192. The number of carbonyl (C=O) groups excluding carboxylic acids is 1. The van der Waals surface area contributed by atoms with Gasteiger partial charge in [-0.3, -0.25) is 4.79 Å². The maximum atomic E-state index is 13.8. The molecular weight excluding hydrogens is 410 g/mol. The number of aliphatic hydroxyl groups excluding tert-OH is 1. The van der Waals surface area contributed by atoms with Crippen molar-refractivity contribution in [2.45, 2.75) is 25.4 Å². The fourth-order valence-electron chi connectivity index (χ4n) is 4.62. The van der Waals surface area contributed by atoms with Crippen LogP contribution in [0, 0.1) is 5.92 Å². The Kier molecular flexibility index (Phi) is 4.94. The average molecular weight is 432 g/mol. The Morgan fingerprint density at radius 1 is 1.00 bits per heavy atom. The second kappa shape index (κ2) is 7.65. The molecule has 3 aromatic carbocycles. The number of benzene rings is 3. The smallest absolute Gasteiger partial charge is 0.265 e. The van der Waals surface area contributed by atoms with Crippen LogP contribution in [0.5, 0.6) is 0 Å². The zero-order valence-corrected chi connectivity index (χ0v) is 17.8. The molecule has 156 valence electrons. The van der Waals surface area contributed by atoms with Gasteiger partial charge in [-0.05, 0) is 29.3 Å². The Morgan fingerprint density at radius 3 is 2.42 bits per heavy atom. The number of nitrogens with zero attached hydrogens (tertiary/aromatic N) is 1. The van der Waals surface area contributed by atoms with Crippen molar-refractivity contribution in [2.75, 3.05) is 4.90 Å². The molecule has 0 fully saturated rings. The number of anilines is 1. The highest BCUT2D eigenvalue weighted by atomic mass is 35.5. The Balaban J connectivity index is 1.57. The number of hydrogen-bond donors (Lipinski definition) is 1. The largest absolute Gasteiger partial charge is 0.364 e. The summed E-state index contributed by atoms with van der Waals surface area (Å²) in [5, 5.41) is 11.6. The highest BCUT2D eigenvalue weighted by molar-refractivity contribution is 6.30. The van der Waals surface area contributed by atoms with Gasteiger partial charge in [0.1, 0.15) is 0 Å². The van der Waals surface area contributed by atoms with Crippen molar-refractivity contribution in [3.05, 3.63) is 107 Å².